The van der Waals surface area contributed by atoms with Gasteiger partial charge in [0.25, 0.3) is 0 Å². The zero-order chi connectivity index (χ0) is 13.6. The van der Waals surface area contributed by atoms with Crippen molar-refractivity contribution in [3.63, 3.8) is 0 Å². The zero-order valence-corrected chi connectivity index (χ0v) is 12.2. The number of nitrogens with zero attached hydrogens (tertiary/aromatic N) is 2. The van der Waals surface area contributed by atoms with E-state index < -0.39 is 0 Å². The van der Waals surface area contributed by atoms with Crippen molar-refractivity contribution in [2.45, 2.75) is 46.6 Å². The fourth-order valence-corrected chi connectivity index (χ4v) is 1.80. The van der Waals surface area contributed by atoms with Gasteiger partial charge >= 0.3 is 0 Å². The molecule has 0 fully saturated rings. The van der Waals surface area contributed by atoms with Crippen LogP contribution in [-0.2, 0) is 0 Å². The Balaban J connectivity index is 2.70. The monoisotopic (exact) mass is 251 g/mol. The summed E-state index contributed by atoms with van der Waals surface area (Å²) in [5.74, 6) is 0.560. The van der Waals surface area contributed by atoms with Crippen molar-refractivity contribution in [2.24, 2.45) is 5.41 Å². The molecule has 1 atom stereocenters. The first-order valence-electron chi connectivity index (χ1n) is 6.57. The number of hydrogen-bond donors (Lipinski definition) is 1. The second-order valence-corrected chi connectivity index (χ2v) is 5.71. The van der Waals surface area contributed by atoms with Crippen molar-refractivity contribution >= 4 is 0 Å². The Morgan fingerprint density at radius 1 is 1.28 bits per heavy atom. The maximum Gasteiger partial charge on any atom is 0.233 e. The van der Waals surface area contributed by atoms with Crippen molar-refractivity contribution < 1.29 is 4.74 Å². The predicted octanol–water partition coefficient (Wildman–Crippen LogP) is 2.96. The first-order valence-corrected chi connectivity index (χ1v) is 6.57. The van der Waals surface area contributed by atoms with Gasteiger partial charge in [-0.05, 0) is 30.9 Å². The van der Waals surface area contributed by atoms with Crippen LogP contribution in [0.25, 0.3) is 0 Å². The topological polar surface area (TPSA) is 47.0 Å². The van der Waals surface area contributed by atoms with Crippen LogP contribution >= 0.6 is 0 Å². The molecule has 0 aliphatic carbocycles. The summed E-state index contributed by atoms with van der Waals surface area (Å²) in [4.78, 5) is 0. The van der Waals surface area contributed by atoms with Crippen LogP contribution in [0, 0.1) is 5.41 Å². The predicted molar refractivity (Wildman–Crippen MR) is 73.7 cm³/mol. The molecule has 1 aromatic rings. The lowest BCUT2D eigenvalue weighted by Gasteiger charge is -2.23. The van der Waals surface area contributed by atoms with E-state index >= 15 is 0 Å². The molecular formula is C14H25N3O. The van der Waals surface area contributed by atoms with Crippen molar-refractivity contribution in [2.75, 3.05) is 13.7 Å². The lowest BCUT2D eigenvalue weighted by atomic mass is 9.88. The Morgan fingerprint density at radius 3 is 2.44 bits per heavy atom. The largest absolute Gasteiger partial charge is 0.480 e. The normalized spacial score (nSPS) is 13.4. The van der Waals surface area contributed by atoms with Crippen LogP contribution in [0.1, 0.15) is 52.3 Å². The molecular weight excluding hydrogens is 226 g/mol. The first-order chi connectivity index (χ1) is 8.46. The highest BCUT2D eigenvalue weighted by Gasteiger charge is 2.17. The standard InChI is InChI=1S/C14H25N3O/c1-6-15-11(9-10-14(2,3)4)12-7-8-13(18-5)17-16-12/h7-8,11,15H,6,9-10H2,1-5H3. The van der Waals surface area contributed by atoms with Crippen molar-refractivity contribution in [3.8, 4) is 5.88 Å². The molecule has 4 nitrogen and oxygen atoms in total. The highest BCUT2D eigenvalue weighted by molar-refractivity contribution is 5.14. The Morgan fingerprint density at radius 2 is 2.00 bits per heavy atom. The third kappa shape index (κ3) is 5.00. The summed E-state index contributed by atoms with van der Waals surface area (Å²) < 4.78 is 5.03. The van der Waals surface area contributed by atoms with E-state index in [9.17, 15) is 0 Å². The molecule has 0 aliphatic heterocycles. The average molecular weight is 251 g/mol. The molecule has 102 valence electrons. The van der Waals surface area contributed by atoms with Gasteiger partial charge in [-0.1, -0.05) is 27.7 Å². The Hall–Kier alpha value is -1.16. The molecule has 0 spiro atoms. The van der Waals surface area contributed by atoms with Crippen LogP contribution in [0.5, 0.6) is 5.88 Å². The minimum absolute atomic E-state index is 0.271. The third-order valence-electron chi connectivity index (χ3n) is 2.86. The van der Waals surface area contributed by atoms with Gasteiger partial charge in [-0.2, -0.15) is 5.10 Å². The highest BCUT2D eigenvalue weighted by atomic mass is 16.5. The Bertz CT molecular complexity index is 343. The summed E-state index contributed by atoms with van der Waals surface area (Å²) in [6.45, 7) is 9.82. The summed E-state index contributed by atoms with van der Waals surface area (Å²) in [6, 6.07) is 4.12. The van der Waals surface area contributed by atoms with E-state index in [1.165, 1.54) is 0 Å². The average Bonchev–Trinajstić information content (AvgIpc) is 2.33. The second kappa shape index (κ2) is 6.69. The van der Waals surface area contributed by atoms with Crippen LogP contribution in [0.2, 0.25) is 0 Å². The van der Waals surface area contributed by atoms with Crippen LogP contribution in [0.4, 0.5) is 0 Å². The fourth-order valence-electron chi connectivity index (χ4n) is 1.80. The van der Waals surface area contributed by atoms with Crippen LogP contribution in [0.3, 0.4) is 0 Å². The second-order valence-electron chi connectivity index (χ2n) is 5.71. The summed E-state index contributed by atoms with van der Waals surface area (Å²) >= 11 is 0. The van der Waals surface area contributed by atoms with E-state index in [4.69, 9.17) is 4.74 Å². The van der Waals surface area contributed by atoms with Crippen molar-refractivity contribution in [1.29, 1.82) is 0 Å². The number of aromatic nitrogens is 2. The van der Waals surface area contributed by atoms with E-state index in [2.05, 4.69) is 43.2 Å². The molecule has 0 saturated heterocycles. The molecule has 1 rings (SSSR count). The van der Waals surface area contributed by atoms with E-state index in [1.54, 1.807) is 7.11 Å². The zero-order valence-electron chi connectivity index (χ0n) is 12.2. The molecule has 18 heavy (non-hydrogen) atoms. The molecule has 0 aliphatic rings. The van der Waals surface area contributed by atoms with Crippen LogP contribution in [-0.4, -0.2) is 23.9 Å². The van der Waals surface area contributed by atoms with Crippen LogP contribution in [0.15, 0.2) is 12.1 Å². The van der Waals surface area contributed by atoms with Gasteiger partial charge in [-0.3, -0.25) is 0 Å². The van der Waals surface area contributed by atoms with E-state index in [0.29, 0.717) is 11.3 Å². The molecule has 1 heterocycles. The molecule has 0 aromatic carbocycles. The molecule has 0 saturated carbocycles. The third-order valence-corrected chi connectivity index (χ3v) is 2.86. The van der Waals surface area contributed by atoms with Crippen molar-refractivity contribution in [1.82, 2.24) is 15.5 Å². The molecule has 0 bridgehead atoms. The summed E-state index contributed by atoms with van der Waals surface area (Å²) in [5, 5.41) is 11.7. The van der Waals surface area contributed by atoms with Crippen molar-refractivity contribution in [3.05, 3.63) is 17.8 Å². The number of hydrogen-bond acceptors (Lipinski definition) is 4. The van der Waals surface area contributed by atoms with E-state index in [1.807, 2.05) is 12.1 Å². The molecule has 1 N–H and O–H groups in total. The van der Waals surface area contributed by atoms with Gasteiger partial charge in [-0.15, -0.1) is 5.10 Å². The summed E-state index contributed by atoms with van der Waals surface area (Å²) in [7, 11) is 1.60. The molecule has 0 amide bonds. The SMILES string of the molecule is CCNC(CCC(C)(C)C)c1ccc(OC)nn1. The first kappa shape index (κ1) is 14.9. The minimum atomic E-state index is 0.271. The maximum absolute atomic E-state index is 5.03. The van der Waals surface area contributed by atoms with Gasteiger partial charge < -0.3 is 10.1 Å². The van der Waals surface area contributed by atoms with Crippen LogP contribution < -0.4 is 10.1 Å². The van der Waals surface area contributed by atoms with Gasteiger partial charge in [0.1, 0.15) is 0 Å². The van der Waals surface area contributed by atoms with E-state index in [0.717, 1.165) is 25.1 Å². The van der Waals surface area contributed by atoms with Gasteiger partial charge in [0, 0.05) is 6.07 Å². The molecule has 1 aromatic heterocycles. The molecule has 4 heteroatoms. The Kier molecular flexibility index (Phi) is 5.54. The number of nitrogens with one attached hydrogen (secondary N) is 1. The number of ether oxygens (including phenoxy) is 1. The highest BCUT2D eigenvalue weighted by Crippen LogP contribution is 2.26. The fraction of sp³-hybridized carbons (Fsp3) is 0.714. The van der Waals surface area contributed by atoms with Gasteiger partial charge in [0.05, 0.1) is 18.8 Å². The number of methoxy groups -OCH3 is 1. The Labute approximate surface area is 110 Å². The lowest BCUT2D eigenvalue weighted by molar-refractivity contribution is 0.329. The van der Waals surface area contributed by atoms with Gasteiger partial charge in [0.15, 0.2) is 0 Å². The quantitative estimate of drug-likeness (QED) is 0.844. The lowest BCUT2D eigenvalue weighted by Crippen LogP contribution is -2.23. The minimum Gasteiger partial charge on any atom is -0.480 e. The molecule has 0 radical (unpaired) electrons. The smallest absolute Gasteiger partial charge is 0.233 e. The van der Waals surface area contributed by atoms with Gasteiger partial charge in [-0.25, -0.2) is 0 Å². The maximum atomic E-state index is 5.03. The summed E-state index contributed by atoms with van der Waals surface area (Å²) in [6.07, 6.45) is 2.22. The number of rotatable bonds is 6. The molecule has 1 unspecified atom stereocenters. The summed E-state index contributed by atoms with van der Waals surface area (Å²) in [5.41, 5.74) is 1.33. The van der Waals surface area contributed by atoms with E-state index in [-0.39, 0.29) is 6.04 Å². The van der Waals surface area contributed by atoms with Gasteiger partial charge in [0.2, 0.25) is 5.88 Å².